The smallest absolute Gasteiger partial charge is 0.0476 e. The molecule has 2 heterocycles. The molecule has 194 valence electrons. The van der Waals surface area contributed by atoms with E-state index in [2.05, 4.69) is 114 Å². The minimum Gasteiger partial charge on any atom is -0.310 e. The van der Waals surface area contributed by atoms with Crippen LogP contribution < -0.4 is 4.90 Å². The van der Waals surface area contributed by atoms with Crippen LogP contribution in [0.25, 0.3) is 40.3 Å². The maximum atomic E-state index is 2.46. The summed E-state index contributed by atoms with van der Waals surface area (Å²) in [6, 6.07) is 41.2. The molecule has 0 N–H and O–H groups in total. The summed E-state index contributed by atoms with van der Waals surface area (Å²) in [6.07, 6.45) is 5.71. The van der Waals surface area contributed by atoms with E-state index in [-0.39, 0.29) is 0 Å². The Balaban J connectivity index is 1.20. The summed E-state index contributed by atoms with van der Waals surface area (Å²) >= 11 is 3.77. The van der Waals surface area contributed by atoms with Gasteiger partial charge in [-0.05, 0) is 97.2 Å². The molecule has 0 radical (unpaired) electrons. The molecular formula is C37H29NS2. The SMILES string of the molecule is c1ccc2c(c1)sc1cc(N(c3ccc(C4CC5CCC4C5)cc3)c3ccc4sc5ccccc5c4c3)ccc12. The van der Waals surface area contributed by atoms with Crippen molar-refractivity contribution in [3.8, 4) is 0 Å². The zero-order valence-corrected chi connectivity index (χ0v) is 23.8. The number of fused-ring (bicyclic) bond motifs is 8. The molecule has 3 heteroatoms. The van der Waals surface area contributed by atoms with Gasteiger partial charge in [0.2, 0.25) is 0 Å². The molecule has 3 atom stereocenters. The Morgan fingerprint density at radius 1 is 0.500 bits per heavy atom. The van der Waals surface area contributed by atoms with E-state index in [1.807, 2.05) is 22.7 Å². The van der Waals surface area contributed by atoms with Gasteiger partial charge in [-0.1, -0.05) is 61.0 Å². The van der Waals surface area contributed by atoms with Crippen molar-refractivity contribution in [2.75, 3.05) is 4.90 Å². The van der Waals surface area contributed by atoms with E-state index in [0.717, 1.165) is 17.8 Å². The second-order valence-corrected chi connectivity index (χ2v) is 13.9. The Bertz CT molecular complexity index is 2050. The summed E-state index contributed by atoms with van der Waals surface area (Å²) in [7, 11) is 0. The maximum absolute atomic E-state index is 2.46. The number of nitrogens with zero attached hydrogens (tertiary/aromatic N) is 1. The summed E-state index contributed by atoms with van der Waals surface area (Å²) in [5, 5.41) is 5.37. The Labute approximate surface area is 242 Å². The molecule has 0 aliphatic heterocycles. The van der Waals surface area contributed by atoms with E-state index >= 15 is 0 Å². The average molecular weight is 552 g/mol. The van der Waals surface area contributed by atoms with Crippen molar-refractivity contribution in [3.63, 3.8) is 0 Å². The lowest BCUT2D eigenvalue weighted by Crippen LogP contribution is -2.11. The largest absolute Gasteiger partial charge is 0.310 e. The van der Waals surface area contributed by atoms with Gasteiger partial charge in [-0.3, -0.25) is 0 Å². The van der Waals surface area contributed by atoms with Crippen molar-refractivity contribution < 1.29 is 0 Å². The predicted molar refractivity (Wildman–Crippen MR) is 175 cm³/mol. The van der Waals surface area contributed by atoms with Crippen LogP contribution in [-0.4, -0.2) is 0 Å². The number of benzene rings is 5. The Morgan fingerprint density at radius 3 is 1.88 bits per heavy atom. The first-order valence-corrected chi connectivity index (χ1v) is 16.1. The molecule has 0 saturated heterocycles. The first kappa shape index (κ1) is 23.1. The van der Waals surface area contributed by atoms with E-state index in [4.69, 9.17) is 0 Å². The molecule has 7 aromatic rings. The second kappa shape index (κ2) is 8.92. The summed E-state index contributed by atoms with van der Waals surface area (Å²) in [5.41, 5.74) is 5.19. The Kier molecular flexibility index (Phi) is 5.15. The number of thiophene rings is 2. The highest BCUT2D eigenvalue weighted by Crippen LogP contribution is 2.53. The quantitative estimate of drug-likeness (QED) is 0.210. The topological polar surface area (TPSA) is 3.24 Å². The lowest BCUT2D eigenvalue weighted by molar-refractivity contribution is 0.420. The van der Waals surface area contributed by atoms with Crippen molar-refractivity contribution in [2.45, 2.75) is 31.6 Å². The van der Waals surface area contributed by atoms with Gasteiger partial charge < -0.3 is 4.90 Å². The lowest BCUT2D eigenvalue weighted by Gasteiger charge is -2.27. The van der Waals surface area contributed by atoms with Gasteiger partial charge in [-0.25, -0.2) is 0 Å². The standard InChI is InChI=1S/C37H29NS2/c1-3-7-34-29(5-1)31-17-15-28(22-37(31)40-34)38(26-13-11-24(12-14-26)32-20-23-9-10-25(32)19-23)27-16-18-36-33(21-27)30-6-2-4-8-35(30)39-36/h1-8,11-18,21-23,25,32H,9-10,19-20H2. The van der Waals surface area contributed by atoms with Crippen LogP contribution >= 0.6 is 22.7 Å². The van der Waals surface area contributed by atoms with Gasteiger partial charge in [0.15, 0.2) is 0 Å². The number of rotatable bonds is 4. The van der Waals surface area contributed by atoms with Gasteiger partial charge in [-0.2, -0.15) is 0 Å². The minimum atomic E-state index is 0.754. The summed E-state index contributed by atoms with van der Waals surface area (Å²) in [5.74, 6) is 2.62. The molecule has 2 fully saturated rings. The maximum Gasteiger partial charge on any atom is 0.0476 e. The molecule has 2 saturated carbocycles. The van der Waals surface area contributed by atoms with E-state index in [1.165, 1.54) is 88.7 Å². The third-order valence-electron chi connectivity index (χ3n) is 9.56. The zero-order chi connectivity index (χ0) is 26.2. The van der Waals surface area contributed by atoms with Gasteiger partial charge in [0, 0.05) is 57.4 Å². The van der Waals surface area contributed by atoms with Crippen LogP contribution in [0.2, 0.25) is 0 Å². The van der Waals surface area contributed by atoms with Gasteiger partial charge in [0.1, 0.15) is 0 Å². The molecule has 2 aliphatic carbocycles. The molecule has 2 aliphatic rings. The number of anilines is 3. The first-order valence-electron chi connectivity index (χ1n) is 14.5. The third-order valence-corrected chi connectivity index (χ3v) is 11.8. The Hall–Kier alpha value is -3.66. The highest BCUT2D eigenvalue weighted by Gasteiger charge is 2.40. The van der Waals surface area contributed by atoms with Crippen molar-refractivity contribution >= 4 is 80.1 Å². The minimum absolute atomic E-state index is 0.754. The van der Waals surface area contributed by atoms with E-state index in [1.54, 1.807) is 0 Å². The van der Waals surface area contributed by atoms with Crippen molar-refractivity contribution in [2.24, 2.45) is 11.8 Å². The molecule has 40 heavy (non-hydrogen) atoms. The summed E-state index contributed by atoms with van der Waals surface area (Å²) < 4.78 is 5.38. The van der Waals surface area contributed by atoms with Gasteiger partial charge in [-0.15, -0.1) is 22.7 Å². The first-order chi connectivity index (χ1) is 19.8. The van der Waals surface area contributed by atoms with Crippen LogP contribution in [0.5, 0.6) is 0 Å². The Morgan fingerprint density at radius 2 is 1.12 bits per heavy atom. The molecule has 3 unspecified atom stereocenters. The molecule has 1 nitrogen and oxygen atoms in total. The monoisotopic (exact) mass is 551 g/mol. The predicted octanol–water partition coefficient (Wildman–Crippen LogP) is 11.8. The highest BCUT2D eigenvalue weighted by atomic mass is 32.1. The zero-order valence-electron chi connectivity index (χ0n) is 22.2. The summed E-state index contributed by atoms with van der Waals surface area (Å²) in [4.78, 5) is 2.46. The molecule has 5 aromatic carbocycles. The van der Waals surface area contributed by atoms with Gasteiger partial charge in [0.05, 0.1) is 0 Å². The van der Waals surface area contributed by atoms with Crippen molar-refractivity contribution in [1.82, 2.24) is 0 Å². The van der Waals surface area contributed by atoms with Gasteiger partial charge in [0.25, 0.3) is 0 Å². The molecule has 9 rings (SSSR count). The van der Waals surface area contributed by atoms with Crippen molar-refractivity contribution in [3.05, 3.63) is 115 Å². The molecular weight excluding hydrogens is 523 g/mol. The molecule has 0 spiro atoms. The normalized spacial score (nSPS) is 20.4. The fraction of sp³-hybridized carbons (Fsp3) is 0.189. The van der Waals surface area contributed by atoms with Crippen LogP contribution in [-0.2, 0) is 0 Å². The van der Waals surface area contributed by atoms with E-state index in [9.17, 15) is 0 Å². The summed E-state index contributed by atoms with van der Waals surface area (Å²) in [6.45, 7) is 0. The third kappa shape index (κ3) is 3.57. The average Bonchev–Trinajstić information content (AvgIpc) is 3.79. The second-order valence-electron chi connectivity index (χ2n) is 11.8. The van der Waals surface area contributed by atoms with Crippen LogP contribution in [0.4, 0.5) is 17.1 Å². The molecule has 2 bridgehead atoms. The fourth-order valence-electron chi connectivity index (χ4n) is 7.68. The highest BCUT2D eigenvalue weighted by molar-refractivity contribution is 7.26. The van der Waals surface area contributed by atoms with Crippen LogP contribution in [0.15, 0.2) is 109 Å². The van der Waals surface area contributed by atoms with Crippen LogP contribution in [0.1, 0.15) is 37.2 Å². The van der Waals surface area contributed by atoms with Crippen LogP contribution in [0.3, 0.4) is 0 Å². The van der Waals surface area contributed by atoms with E-state index in [0.29, 0.717) is 0 Å². The number of hydrogen-bond acceptors (Lipinski definition) is 3. The lowest BCUT2D eigenvalue weighted by atomic mass is 9.83. The number of hydrogen-bond donors (Lipinski definition) is 0. The van der Waals surface area contributed by atoms with Crippen LogP contribution in [0, 0.1) is 11.8 Å². The fourth-order valence-corrected chi connectivity index (χ4v) is 9.90. The van der Waals surface area contributed by atoms with Gasteiger partial charge >= 0.3 is 0 Å². The van der Waals surface area contributed by atoms with E-state index < -0.39 is 0 Å². The van der Waals surface area contributed by atoms with Crippen molar-refractivity contribution in [1.29, 1.82) is 0 Å². The molecule has 0 amide bonds. The molecule has 2 aromatic heterocycles.